The summed E-state index contributed by atoms with van der Waals surface area (Å²) in [5, 5.41) is 13.5. The minimum Gasteiger partial charge on any atom is -0.455 e. The van der Waals surface area contributed by atoms with Crippen molar-refractivity contribution in [2.75, 3.05) is 49.8 Å². The number of furan rings is 1. The minimum atomic E-state index is -4.51. The van der Waals surface area contributed by atoms with Crippen molar-refractivity contribution in [3.05, 3.63) is 29.5 Å². The Bertz CT molecular complexity index is 1070. The van der Waals surface area contributed by atoms with Gasteiger partial charge in [0.15, 0.2) is 12.0 Å². The van der Waals surface area contributed by atoms with Gasteiger partial charge in [0.1, 0.15) is 15.4 Å². The van der Waals surface area contributed by atoms with Gasteiger partial charge in [0.25, 0.3) is 0 Å². The Labute approximate surface area is 183 Å². The zero-order valence-electron chi connectivity index (χ0n) is 17.4. The number of hydrogen-bond acceptors (Lipinski definition) is 8. The van der Waals surface area contributed by atoms with E-state index in [1.54, 1.807) is 0 Å². The fourth-order valence-corrected chi connectivity index (χ4v) is 4.96. The van der Waals surface area contributed by atoms with Crippen molar-refractivity contribution < 1.29 is 40.6 Å². The number of sulfone groups is 1. The van der Waals surface area contributed by atoms with Gasteiger partial charge in [-0.3, -0.25) is 5.32 Å². The third-order valence-corrected chi connectivity index (χ3v) is 6.48. The summed E-state index contributed by atoms with van der Waals surface area (Å²) in [6.45, 7) is 1.71. The Morgan fingerprint density at radius 3 is 2.72 bits per heavy atom. The summed E-state index contributed by atoms with van der Waals surface area (Å²) in [6.07, 6.45) is -4.98. The fraction of sp³-hybridized carbons (Fsp3) is 0.600. The largest absolute Gasteiger partial charge is 0.455 e. The summed E-state index contributed by atoms with van der Waals surface area (Å²) in [5.74, 6) is 0.0210. The first-order valence-corrected chi connectivity index (χ1v) is 12.3. The molecule has 3 atom stereocenters. The molecule has 2 aliphatic rings. The number of rotatable bonds is 5. The number of fused-ring (bicyclic) bond motifs is 3. The lowest BCUT2D eigenvalue weighted by molar-refractivity contribution is -0.137. The average Bonchev–Trinajstić information content (AvgIpc) is 3.00. The average molecular weight is 478 g/mol. The topological polar surface area (TPSA) is 101 Å². The number of ether oxygens (including phenoxy) is 2. The van der Waals surface area contributed by atoms with E-state index in [-0.39, 0.29) is 35.2 Å². The molecule has 2 N–H and O–H groups in total. The standard InChI is InChI=1S/C20H25F3N2O6S/c1-32(27,28)11-14-10-29-9-13(30-14)4-6-25-7-5-24-19(26)18-17(25)15-8-12(20(21,22)23)2-3-16(15)31-18/h2-3,8,13-14,19,24,26H,4-7,9-11H2,1H3. The minimum absolute atomic E-state index is 0.139. The molecule has 32 heavy (non-hydrogen) atoms. The number of benzene rings is 1. The molecule has 2 aliphatic heterocycles. The first kappa shape index (κ1) is 23.3. The molecule has 3 unspecified atom stereocenters. The Hall–Kier alpha value is -1.86. The van der Waals surface area contributed by atoms with Crippen molar-refractivity contribution in [3.8, 4) is 0 Å². The Morgan fingerprint density at radius 2 is 2.00 bits per heavy atom. The predicted molar refractivity (Wildman–Crippen MR) is 110 cm³/mol. The van der Waals surface area contributed by atoms with Crippen LogP contribution >= 0.6 is 0 Å². The van der Waals surface area contributed by atoms with Gasteiger partial charge in [-0.15, -0.1) is 0 Å². The van der Waals surface area contributed by atoms with E-state index in [0.717, 1.165) is 18.4 Å². The normalized spacial score (nSPS) is 25.0. The maximum absolute atomic E-state index is 13.3. The van der Waals surface area contributed by atoms with Gasteiger partial charge in [-0.05, 0) is 24.6 Å². The number of hydrogen-bond donors (Lipinski definition) is 2. The monoisotopic (exact) mass is 478 g/mol. The molecule has 0 spiro atoms. The van der Waals surface area contributed by atoms with Crippen molar-refractivity contribution in [2.45, 2.75) is 31.0 Å². The lowest BCUT2D eigenvalue weighted by Crippen LogP contribution is -2.42. The van der Waals surface area contributed by atoms with Crippen LogP contribution in [-0.4, -0.2) is 70.6 Å². The number of halogens is 3. The number of nitrogens with zero attached hydrogens (tertiary/aromatic N) is 1. The summed E-state index contributed by atoms with van der Waals surface area (Å²) >= 11 is 0. The lowest BCUT2D eigenvalue weighted by atomic mass is 10.1. The molecule has 8 nitrogen and oxygen atoms in total. The summed E-state index contributed by atoms with van der Waals surface area (Å²) in [4.78, 5) is 1.86. The summed E-state index contributed by atoms with van der Waals surface area (Å²) < 4.78 is 80.0. The van der Waals surface area contributed by atoms with Crippen LogP contribution in [0.4, 0.5) is 18.9 Å². The number of alkyl halides is 3. The molecule has 0 radical (unpaired) electrons. The van der Waals surface area contributed by atoms with E-state index >= 15 is 0 Å². The molecule has 1 saturated heterocycles. The van der Waals surface area contributed by atoms with Crippen LogP contribution in [0.2, 0.25) is 0 Å². The van der Waals surface area contributed by atoms with Crippen LogP contribution in [-0.2, 0) is 25.5 Å². The van der Waals surface area contributed by atoms with Crippen LogP contribution < -0.4 is 10.2 Å². The number of anilines is 1. The molecule has 1 fully saturated rings. The SMILES string of the molecule is CS(=O)(=O)CC1COCC(CCN2CCNC(O)c3oc4ccc(C(F)(F)F)cc4c32)O1. The third-order valence-electron chi connectivity index (χ3n) is 5.50. The van der Waals surface area contributed by atoms with Crippen molar-refractivity contribution in [2.24, 2.45) is 0 Å². The summed E-state index contributed by atoms with van der Waals surface area (Å²) in [6, 6.07) is 3.24. The lowest BCUT2D eigenvalue weighted by Gasteiger charge is -2.32. The van der Waals surface area contributed by atoms with Crippen molar-refractivity contribution in [1.29, 1.82) is 0 Å². The molecule has 3 heterocycles. The molecule has 0 saturated carbocycles. The zero-order chi connectivity index (χ0) is 23.1. The van der Waals surface area contributed by atoms with Gasteiger partial charge in [0.05, 0.1) is 42.4 Å². The molecule has 0 aliphatic carbocycles. The van der Waals surface area contributed by atoms with Gasteiger partial charge in [-0.25, -0.2) is 8.42 Å². The Kier molecular flexibility index (Phi) is 6.43. The molecule has 1 aromatic carbocycles. The number of nitrogens with one attached hydrogen (secondary N) is 1. The van der Waals surface area contributed by atoms with Crippen molar-refractivity contribution >= 4 is 26.5 Å². The second-order valence-electron chi connectivity index (χ2n) is 8.17. The molecular weight excluding hydrogens is 453 g/mol. The smallest absolute Gasteiger partial charge is 0.416 e. The molecular formula is C20H25F3N2O6S. The second-order valence-corrected chi connectivity index (χ2v) is 10.4. The van der Waals surface area contributed by atoms with Gasteiger partial charge in [0, 0.05) is 31.3 Å². The molecule has 12 heteroatoms. The summed E-state index contributed by atoms with van der Waals surface area (Å²) in [7, 11) is -3.22. The van der Waals surface area contributed by atoms with Crippen molar-refractivity contribution in [1.82, 2.24) is 5.32 Å². The number of aliphatic hydroxyl groups excluding tert-OH is 1. The van der Waals surface area contributed by atoms with Gasteiger partial charge in [-0.1, -0.05) is 0 Å². The molecule has 178 valence electrons. The highest BCUT2D eigenvalue weighted by atomic mass is 32.2. The van der Waals surface area contributed by atoms with Gasteiger partial charge >= 0.3 is 6.18 Å². The molecule has 0 bridgehead atoms. The maximum Gasteiger partial charge on any atom is 0.416 e. The zero-order valence-corrected chi connectivity index (χ0v) is 18.2. The Morgan fingerprint density at radius 1 is 1.25 bits per heavy atom. The first-order chi connectivity index (χ1) is 15.0. The van der Waals surface area contributed by atoms with E-state index in [0.29, 0.717) is 38.3 Å². The highest BCUT2D eigenvalue weighted by Gasteiger charge is 2.34. The van der Waals surface area contributed by atoms with E-state index in [9.17, 15) is 26.7 Å². The van der Waals surface area contributed by atoms with E-state index in [1.807, 2.05) is 4.90 Å². The van der Waals surface area contributed by atoms with Gasteiger partial charge in [-0.2, -0.15) is 13.2 Å². The van der Waals surface area contributed by atoms with E-state index in [1.165, 1.54) is 6.07 Å². The number of aliphatic hydroxyl groups is 1. The first-order valence-electron chi connectivity index (χ1n) is 10.2. The van der Waals surface area contributed by atoms with Crippen LogP contribution in [0.15, 0.2) is 22.6 Å². The van der Waals surface area contributed by atoms with Crippen molar-refractivity contribution in [3.63, 3.8) is 0 Å². The molecule has 4 rings (SSSR count). The maximum atomic E-state index is 13.3. The highest BCUT2D eigenvalue weighted by molar-refractivity contribution is 7.90. The summed E-state index contributed by atoms with van der Waals surface area (Å²) in [5.41, 5.74) is -0.137. The van der Waals surface area contributed by atoms with E-state index in [2.05, 4.69) is 5.32 Å². The van der Waals surface area contributed by atoms with Gasteiger partial charge < -0.3 is 23.9 Å². The molecule has 1 aromatic heterocycles. The molecule has 0 amide bonds. The Balaban J connectivity index is 1.57. The van der Waals surface area contributed by atoms with Crippen LogP contribution in [0, 0.1) is 0 Å². The van der Waals surface area contributed by atoms with E-state index < -0.39 is 33.9 Å². The van der Waals surface area contributed by atoms with E-state index in [4.69, 9.17) is 13.9 Å². The van der Waals surface area contributed by atoms with Crippen LogP contribution in [0.5, 0.6) is 0 Å². The highest BCUT2D eigenvalue weighted by Crippen LogP contribution is 2.41. The molecule has 2 aromatic rings. The van der Waals surface area contributed by atoms with Gasteiger partial charge in [0.2, 0.25) is 0 Å². The van der Waals surface area contributed by atoms with Crippen LogP contribution in [0.1, 0.15) is 24.0 Å². The predicted octanol–water partition coefficient (Wildman–Crippen LogP) is 2.07. The van der Waals surface area contributed by atoms with Crippen LogP contribution in [0.25, 0.3) is 11.0 Å². The fourth-order valence-electron chi connectivity index (χ4n) is 4.11. The quantitative estimate of drug-likeness (QED) is 0.674. The third kappa shape index (κ3) is 5.20. The van der Waals surface area contributed by atoms with Crippen LogP contribution in [0.3, 0.4) is 0 Å². The second kappa shape index (κ2) is 8.82.